The summed E-state index contributed by atoms with van der Waals surface area (Å²) in [6.07, 6.45) is 4.28. The molecule has 4 aromatic rings. The van der Waals surface area contributed by atoms with E-state index in [4.69, 9.17) is 4.74 Å². The monoisotopic (exact) mass is 464 g/mol. The summed E-state index contributed by atoms with van der Waals surface area (Å²) in [7, 11) is 0. The predicted molar refractivity (Wildman–Crippen MR) is 136 cm³/mol. The molecule has 35 heavy (non-hydrogen) atoms. The van der Waals surface area contributed by atoms with Crippen LogP contribution >= 0.6 is 0 Å². The van der Waals surface area contributed by atoms with E-state index in [1.807, 2.05) is 60.8 Å². The van der Waals surface area contributed by atoms with Crippen LogP contribution in [0.4, 0.5) is 11.4 Å². The van der Waals surface area contributed by atoms with Crippen LogP contribution in [-0.2, 0) is 16.0 Å². The Morgan fingerprint density at radius 1 is 1.00 bits per heavy atom. The van der Waals surface area contributed by atoms with Crippen LogP contribution in [0.15, 0.2) is 85.3 Å². The van der Waals surface area contributed by atoms with Gasteiger partial charge in [0.2, 0.25) is 0 Å². The third-order valence-corrected chi connectivity index (χ3v) is 5.75. The Bertz CT molecular complexity index is 1390. The van der Waals surface area contributed by atoms with Crippen LogP contribution < -0.4 is 10.6 Å². The van der Waals surface area contributed by atoms with Gasteiger partial charge in [-0.25, -0.2) is 9.78 Å². The smallest absolute Gasteiger partial charge is 0.338 e. The van der Waals surface area contributed by atoms with Crippen LogP contribution in [0.5, 0.6) is 0 Å². The molecule has 5 rings (SSSR count). The SMILES string of the molecule is CCOC(=O)c1ccc2c(c1)NC(=O)C2=C(Nc1ccc(Cc2c[nH]cn2)cc1)c1ccccc1. The summed E-state index contributed by atoms with van der Waals surface area (Å²) < 4.78 is 5.10. The molecule has 0 radical (unpaired) electrons. The van der Waals surface area contributed by atoms with Crippen molar-refractivity contribution in [2.24, 2.45) is 0 Å². The molecule has 7 heteroatoms. The number of esters is 1. The van der Waals surface area contributed by atoms with Gasteiger partial charge in [0.15, 0.2) is 0 Å². The van der Waals surface area contributed by atoms with Crippen molar-refractivity contribution in [3.63, 3.8) is 0 Å². The van der Waals surface area contributed by atoms with Crippen LogP contribution in [0.2, 0.25) is 0 Å². The first-order chi connectivity index (χ1) is 17.1. The molecule has 1 aliphatic rings. The lowest BCUT2D eigenvalue weighted by molar-refractivity contribution is -0.110. The van der Waals surface area contributed by atoms with Crippen LogP contribution in [0.25, 0.3) is 11.3 Å². The molecule has 2 heterocycles. The number of amides is 1. The van der Waals surface area contributed by atoms with Crippen molar-refractivity contribution in [2.75, 3.05) is 17.2 Å². The number of fused-ring (bicyclic) bond motifs is 1. The third-order valence-electron chi connectivity index (χ3n) is 5.75. The van der Waals surface area contributed by atoms with Gasteiger partial charge in [0.05, 0.1) is 41.1 Å². The molecule has 0 bridgehead atoms. The number of imidazole rings is 1. The summed E-state index contributed by atoms with van der Waals surface area (Å²) in [6.45, 7) is 2.05. The fourth-order valence-electron chi connectivity index (χ4n) is 4.09. The lowest BCUT2D eigenvalue weighted by Gasteiger charge is -2.15. The number of aromatic amines is 1. The molecule has 1 aliphatic heterocycles. The average molecular weight is 465 g/mol. The average Bonchev–Trinajstić information content (AvgIpc) is 3.50. The summed E-state index contributed by atoms with van der Waals surface area (Å²) in [5.41, 5.74) is 6.74. The number of hydrogen-bond donors (Lipinski definition) is 3. The van der Waals surface area contributed by atoms with Gasteiger partial charge in [-0.05, 0) is 42.3 Å². The van der Waals surface area contributed by atoms with Crippen molar-refractivity contribution in [2.45, 2.75) is 13.3 Å². The summed E-state index contributed by atoms with van der Waals surface area (Å²) in [5.74, 6) is -0.652. The molecule has 1 amide bonds. The van der Waals surface area contributed by atoms with Crippen LogP contribution in [-0.4, -0.2) is 28.5 Å². The molecule has 0 aliphatic carbocycles. The number of carbonyl (C=O) groups excluding carboxylic acids is 2. The zero-order chi connectivity index (χ0) is 24.2. The van der Waals surface area contributed by atoms with Gasteiger partial charge >= 0.3 is 5.97 Å². The third kappa shape index (κ3) is 4.70. The number of H-pyrrole nitrogens is 1. The fraction of sp³-hybridized carbons (Fsp3) is 0.107. The van der Waals surface area contributed by atoms with Gasteiger partial charge in [0, 0.05) is 23.9 Å². The van der Waals surface area contributed by atoms with E-state index in [0.29, 0.717) is 22.5 Å². The summed E-state index contributed by atoms with van der Waals surface area (Å²) in [6, 6.07) is 22.9. The molecule has 0 saturated carbocycles. The van der Waals surface area contributed by atoms with Crippen LogP contribution in [0.1, 0.15) is 39.7 Å². The normalized spacial score (nSPS) is 13.7. The number of nitrogens with zero attached hydrogens (tertiary/aromatic N) is 1. The highest BCUT2D eigenvalue weighted by Gasteiger charge is 2.29. The Balaban J connectivity index is 1.51. The molecule has 0 fully saturated rings. The number of benzene rings is 3. The lowest BCUT2D eigenvalue weighted by atomic mass is 9.99. The van der Waals surface area contributed by atoms with Gasteiger partial charge in [-0.2, -0.15) is 0 Å². The minimum absolute atomic E-state index is 0.234. The standard InChI is InChI=1S/C28H24N4O3/c1-2-35-28(34)20-10-13-23-24(15-20)32-27(33)25(23)26(19-6-4-3-5-7-19)31-21-11-8-18(9-12-21)14-22-16-29-17-30-22/h3-13,15-17,31H,2,14H2,1H3,(H,29,30)(H,32,33). The minimum atomic E-state index is -0.418. The number of hydrogen-bond acceptors (Lipinski definition) is 5. The summed E-state index contributed by atoms with van der Waals surface area (Å²) in [5, 5.41) is 6.36. The minimum Gasteiger partial charge on any atom is -0.462 e. The maximum Gasteiger partial charge on any atom is 0.338 e. The molecule has 1 aromatic heterocycles. The van der Waals surface area contributed by atoms with E-state index in [2.05, 4.69) is 20.6 Å². The van der Waals surface area contributed by atoms with E-state index in [1.54, 1.807) is 31.5 Å². The molecule has 3 aromatic carbocycles. The fourth-order valence-corrected chi connectivity index (χ4v) is 4.09. The number of ether oxygens (including phenoxy) is 1. The number of rotatable bonds is 7. The summed E-state index contributed by atoms with van der Waals surface area (Å²) >= 11 is 0. The number of aromatic nitrogens is 2. The van der Waals surface area contributed by atoms with E-state index in [-0.39, 0.29) is 12.5 Å². The van der Waals surface area contributed by atoms with Gasteiger partial charge in [-0.1, -0.05) is 48.5 Å². The second-order valence-electron chi connectivity index (χ2n) is 8.11. The second-order valence-corrected chi connectivity index (χ2v) is 8.11. The highest BCUT2D eigenvalue weighted by atomic mass is 16.5. The van der Waals surface area contributed by atoms with E-state index in [0.717, 1.165) is 34.5 Å². The first-order valence-corrected chi connectivity index (χ1v) is 11.4. The Morgan fingerprint density at radius 3 is 2.51 bits per heavy atom. The molecular formula is C28H24N4O3. The second kappa shape index (κ2) is 9.69. The highest BCUT2D eigenvalue weighted by molar-refractivity contribution is 6.37. The molecule has 0 spiro atoms. The van der Waals surface area contributed by atoms with E-state index >= 15 is 0 Å². The lowest BCUT2D eigenvalue weighted by Crippen LogP contribution is -2.10. The van der Waals surface area contributed by atoms with Gasteiger partial charge in [0.1, 0.15) is 0 Å². The molecule has 0 saturated heterocycles. The van der Waals surface area contributed by atoms with E-state index < -0.39 is 5.97 Å². The first kappa shape index (κ1) is 22.2. The topological polar surface area (TPSA) is 96.1 Å². The van der Waals surface area contributed by atoms with Gasteiger partial charge in [-0.15, -0.1) is 0 Å². The Hall–Kier alpha value is -4.65. The van der Waals surface area contributed by atoms with Gasteiger partial charge < -0.3 is 20.4 Å². The van der Waals surface area contributed by atoms with Crippen LogP contribution in [0.3, 0.4) is 0 Å². The molecule has 7 nitrogen and oxygen atoms in total. The predicted octanol–water partition coefficient (Wildman–Crippen LogP) is 5.11. The largest absolute Gasteiger partial charge is 0.462 e. The maximum absolute atomic E-state index is 13.1. The van der Waals surface area contributed by atoms with Crippen molar-refractivity contribution < 1.29 is 14.3 Å². The quantitative estimate of drug-likeness (QED) is 0.261. The van der Waals surface area contributed by atoms with Crippen LogP contribution in [0, 0.1) is 0 Å². The molecular weight excluding hydrogens is 440 g/mol. The Labute approximate surface area is 202 Å². The first-order valence-electron chi connectivity index (χ1n) is 11.4. The van der Waals surface area contributed by atoms with E-state index in [9.17, 15) is 9.59 Å². The van der Waals surface area contributed by atoms with Gasteiger partial charge in [0.25, 0.3) is 5.91 Å². The number of anilines is 2. The van der Waals surface area contributed by atoms with Gasteiger partial charge in [-0.3, -0.25) is 4.79 Å². The van der Waals surface area contributed by atoms with Crippen molar-refractivity contribution in [1.29, 1.82) is 0 Å². The molecule has 0 unspecified atom stereocenters. The van der Waals surface area contributed by atoms with Crippen molar-refractivity contribution in [1.82, 2.24) is 9.97 Å². The number of nitrogens with one attached hydrogen (secondary N) is 3. The van der Waals surface area contributed by atoms with Crippen molar-refractivity contribution in [3.05, 3.63) is 113 Å². The molecule has 0 atom stereocenters. The molecule has 3 N–H and O–H groups in total. The molecule has 174 valence electrons. The zero-order valence-corrected chi connectivity index (χ0v) is 19.2. The van der Waals surface area contributed by atoms with Crippen molar-refractivity contribution >= 4 is 34.5 Å². The number of carbonyl (C=O) groups is 2. The van der Waals surface area contributed by atoms with E-state index in [1.165, 1.54) is 0 Å². The van der Waals surface area contributed by atoms with Crippen molar-refractivity contribution in [3.8, 4) is 0 Å². The zero-order valence-electron chi connectivity index (χ0n) is 19.2. The maximum atomic E-state index is 13.1. The Kier molecular flexibility index (Phi) is 6.13. The Morgan fingerprint density at radius 2 is 1.80 bits per heavy atom. The summed E-state index contributed by atoms with van der Waals surface area (Å²) in [4.78, 5) is 32.6. The highest BCUT2D eigenvalue weighted by Crippen LogP contribution is 2.38.